The quantitative estimate of drug-likeness (QED) is 0.721. The number of carbonyl (C=O) groups is 1. The Morgan fingerprint density at radius 1 is 1.03 bits per heavy atom. The lowest BCUT2D eigenvalue weighted by Gasteiger charge is -2.32. The Morgan fingerprint density at radius 2 is 1.62 bits per heavy atom. The van der Waals surface area contributed by atoms with Crippen LogP contribution in [0.4, 0.5) is 0 Å². The fourth-order valence-corrected chi connectivity index (χ4v) is 5.01. The first kappa shape index (κ1) is 21.9. The minimum absolute atomic E-state index is 0.0271. The van der Waals surface area contributed by atoms with Crippen molar-refractivity contribution < 1.29 is 13.2 Å². The maximum Gasteiger partial charge on any atom is 0.254 e. The Hall–Kier alpha value is -1.83. The van der Waals surface area contributed by atoms with Crippen molar-refractivity contribution in [2.75, 3.05) is 13.1 Å². The molecule has 156 valence electrons. The predicted molar refractivity (Wildman–Crippen MR) is 118 cm³/mol. The summed E-state index contributed by atoms with van der Waals surface area (Å²) >= 11 is 4.36. The molecule has 0 saturated carbocycles. The summed E-state index contributed by atoms with van der Waals surface area (Å²) in [5.41, 5.74) is 1.64. The van der Waals surface area contributed by atoms with Crippen molar-refractivity contribution in [3.8, 4) is 0 Å². The van der Waals surface area contributed by atoms with Crippen LogP contribution >= 0.6 is 12.6 Å². The van der Waals surface area contributed by atoms with Crippen LogP contribution in [0.25, 0.3) is 0 Å². The van der Waals surface area contributed by atoms with Gasteiger partial charge in [0.2, 0.25) is 10.0 Å². The van der Waals surface area contributed by atoms with Crippen LogP contribution in [0.1, 0.15) is 49.5 Å². The number of likely N-dealkylation sites (tertiary alicyclic amines) is 1. The van der Waals surface area contributed by atoms with Gasteiger partial charge in [-0.25, -0.2) is 13.1 Å². The van der Waals surface area contributed by atoms with E-state index >= 15 is 0 Å². The Balaban J connectivity index is 1.61. The van der Waals surface area contributed by atoms with Gasteiger partial charge in [0, 0.05) is 24.0 Å². The highest BCUT2D eigenvalue weighted by Gasteiger charge is 2.28. The molecule has 1 fully saturated rings. The summed E-state index contributed by atoms with van der Waals surface area (Å²) in [6, 6.07) is 14.1. The van der Waals surface area contributed by atoms with Gasteiger partial charge in [-0.3, -0.25) is 4.79 Å². The summed E-state index contributed by atoms with van der Waals surface area (Å²) < 4.78 is 28.3. The monoisotopic (exact) mass is 432 g/mol. The normalized spacial score (nSPS) is 16.1. The molecule has 1 aliphatic heterocycles. The fraction of sp³-hybridized carbons (Fsp3) is 0.409. The maximum atomic E-state index is 12.7. The van der Waals surface area contributed by atoms with Gasteiger partial charge in [-0.05, 0) is 48.1 Å². The SMILES string of the molecule is CC(C)(C)c1ccc(S(=O)(=O)NC2CCN(C(=O)c3ccccc3S)CC2)cc1. The molecule has 0 spiro atoms. The van der Waals surface area contributed by atoms with Gasteiger partial charge in [-0.1, -0.05) is 45.0 Å². The Morgan fingerprint density at radius 3 is 2.17 bits per heavy atom. The molecule has 1 heterocycles. The lowest BCUT2D eigenvalue weighted by Crippen LogP contribution is -2.46. The van der Waals surface area contributed by atoms with Gasteiger partial charge in [-0.2, -0.15) is 0 Å². The predicted octanol–water partition coefficient (Wildman–Crippen LogP) is 3.86. The van der Waals surface area contributed by atoms with Crippen LogP contribution < -0.4 is 4.72 Å². The van der Waals surface area contributed by atoms with E-state index < -0.39 is 10.0 Å². The highest BCUT2D eigenvalue weighted by molar-refractivity contribution is 7.89. The summed E-state index contributed by atoms with van der Waals surface area (Å²) in [5.74, 6) is -0.0605. The standard InChI is InChI=1S/C22H28N2O3S2/c1-22(2,3)16-8-10-18(11-9-16)29(26,27)23-17-12-14-24(15-13-17)21(25)19-6-4-5-7-20(19)28/h4-11,17,23,28H,12-15H2,1-3H3. The first-order valence-electron chi connectivity index (χ1n) is 9.78. The molecule has 0 radical (unpaired) electrons. The third-order valence-electron chi connectivity index (χ3n) is 5.27. The molecule has 0 unspecified atom stereocenters. The van der Waals surface area contributed by atoms with E-state index in [4.69, 9.17) is 0 Å². The number of rotatable bonds is 4. The van der Waals surface area contributed by atoms with E-state index in [0.717, 1.165) is 5.56 Å². The second-order valence-electron chi connectivity index (χ2n) is 8.48. The van der Waals surface area contributed by atoms with Crippen molar-refractivity contribution >= 4 is 28.6 Å². The van der Waals surface area contributed by atoms with E-state index in [1.54, 1.807) is 29.2 Å². The molecular weight excluding hydrogens is 404 g/mol. The molecule has 1 amide bonds. The number of carbonyl (C=O) groups excluding carboxylic acids is 1. The van der Waals surface area contributed by atoms with E-state index in [9.17, 15) is 13.2 Å². The van der Waals surface area contributed by atoms with Crippen LogP contribution in [0.2, 0.25) is 0 Å². The zero-order chi connectivity index (χ0) is 21.2. The lowest BCUT2D eigenvalue weighted by atomic mass is 9.87. The lowest BCUT2D eigenvalue weighted by molar-refractivity contribution is 0.0708. The van der Waals surface area contributed by atoms with Crippen LogP contribution in [-0.4, -0.2) is 38.4 Å². The number of amides is 1. The van der Waals surface area contributed by atoms with Crippen molar-refractivity contribution in [1.29, 1.82) is 0 Å². The van der Waals surface area contributed by atoms with E-state index in [2.05, 4.69) is 38.1 Å². The Labute approximate surface area is 179 Å². The zero-order valence-corrected chi connectivity index (χ0v) is 18.8. The fourth-order valence-electron chi connectivity index (χ4n) is 3.45. The first-order valence-corrected chi connectivity index (χ1v) is 11.7. The minimum atomic E-state index is -3.58. The second-order valence-corrected chi connectivity index (χ2v) is 10.7. The molecule has 29 heavy (non-hydrogen) atoms. The summed E-state index contributed by atoms with van der Waals surface area (Å²) in [5, 5.41) is 0. The van der Waals surface area contributed by atoms with Gasteiger partial charge in [0.15, 0.2) is 0 Å². The summed E-state index contributed by atoms with van der Waals surface area (Å²) in [4.78, 5) is 15.4. The third kappa shape index (κ3) is 5.21. The largest absolute Gasteiger partial charge is 0.338 e. The van der Waals surface area contributed by atoms with Crippen LogP contribution in [0, 0.1) is 0 Å². The molecule has 3 rings (SSSR count). The molecule has 5 nitrogen and oxygen atoms in total. The molecule has 2 aromatic rings. The van der Waals surface area contributed by atoms with Crippen LogP contribution in [0.15, 0.2) is 58.3 Å². The molecule has 7 heteroatoms. The molecule has 0 bridgehead atoms. The first-order chi connectivity index (χ1) is 13.6. The summed E-state index contributed by atoms with van der Waals surface area (Å²) in [6.07, 6.45) is 1.17. The van der Waals surface area contributed by atoms with E-state index in [0.29, 0.717) is 36.4 Å². The van der Waals surface area contributed by atoms with E-state index in [-0.39, 0.29) is 22.3 Å². The molecule has 0 aliphatic carbocycles. The van der Waals surface area contributed by atoms with Crippen molar-refractivity contribution in [2.24, 2.45) is 0 Å². The molecule has 2 aromatic carbocycles. The highest BCUT2D eigenvalue weighted by atomic mass is 32.2. The zero-order valence-electron chi connectivity index (χ0n) is 17.1. The van der Waals surface area contributed by atoms with Gasteiger partial charge in [0.25, 0.3) is 5.91 Å². The van der Waals surface area contributed by atoms with Crippen molar-refractivity contribution in [3.05, 3.63) is 59.7 Å². The van der Waals surface area contributed by atoms with Crippen molar-refractivity contribution in [3.63, 3.8) is 0 Å². The van der Waals surface area contributed by atoms with Gasteiger partial charge in [0.05, 0.1) is 10.5 Å². The number of piperidine rings is 1. The van der Waals surface area contributed by atoms with Gasteiger partial charge < -0.3 is 4.90 Å². The molecule has 1 N–H and O–H groups in total. The molecular formula is C22H28N2O3S2. The average molecular weight is 433 g/mol. The smallest absolute Gasteiger partial charge is 0.254 e. The highest BCUT2D eigenvalue weighted by Crippen LogP contribution is 2.24. The average Bonchev–Trinajstić information content (AvgIpc) is 2.67. The maximum absolute atomic E-state index is 12.7. The molecule has 1 aliphatic rings. The number of hydrogen-bond donors (Lipinski definition) is 2. The summed E-state index contributed by atoms with van der Waals surface area (Å²) in [6.45, 7) is 7.30. The number of sulfonamides is 1. The van der Waals surface area contributed by atoms with Gasteiger partial charge >= 0.3 is 0 Å². The van der Waals surface area contributed by atoms with Crippen molar-refractivity contribution in [2.45, 2.75) is 54.9 Å². The van der Waals surface area contributed by atoms with Gasteiger partial charge in [0.1, 0.15) is 0 Å². The van der Waals surface area contributed by atoms with Gasteiger partial charge in [-0.15, -0.1) is 12.6 Å². The molecule has 0 atom stereocenters. The van der Waals surface area contributed by atoms with E-state index in [1.807, 2.05) is 24.3 Å². The third-order valence-corrected chi connectivity index (χ3v) is 7.20. The number of hydrogen-bond acceptors (Lipinski definition) is 4. The second kappa shape index (κ2) is 8.50. The summed E-state index contributed by atoms with van der Waals surface area (Å²) in [7, 11) is -3.58. The Bertz CT molecular complexity index is 972. The number of nitrogens with one attached hydrogen (secondary N) is 1. The van der Waals surface area contributed by atoms with Crippen LogP contribution in [0.3, 0.4) is 0 Å². The van der Waals surface area contributed by atoms with Crippen LogP contribution in [0.5, 0.6) is 0 Å². The minimum Gasteiger partial charge on any atom is -0.338 e. The van der Waals surface area contributed by atoms with Crippen molar-refractivity contribution in [1.82, 2.24) is 9.62 Å². The Kier molecular flexibility index (Phi) is 6.41. The topological polar surface area (TPSA) is 66.5 Å². The van der Waals surface area contributed by atoms with Crippen LogP contribution in [-0.2, 0) is 15.4 Å². The number of benzene rings is 2. The van der Waals surface area contributed by atoms with E-state index in [1.165, 1.54) is 0 Å². The molecule has 1 saturated heterocycles. The number of thiol groups is 1. The molecule has 0 aromatic heterocycles. The number of nitrogens with zero attached hydrogens (tertiary/aromatic N) is 1.